The minimum atomic E-state index is -0.784. The van der Waals surface area contributed by atoms with Crippen molar-refractivity contribution in [2.75, 3.05) is 6.61 Å². The van der Waals surface area contributed by atoms with Crippen LogP contribution in [0.25, 0.3) is 0 Å². The second kappa shape index (κ2) is 9.66. The third kappa shape index (κ3) is 6.02. The largest absolute Gasteiger partial charge is 0.451 e. The summed E-state index contributed by atoms with van der Waals surface area (Å²) in [6, 6.07) is 18.8. The van der Waals surface area contributed by atoms with Crippen molar-refractivity contribution in [3.8, 4) is 0 Å². The maximum atomic E-state index is 12.2. The van der Waals surface area contributed by atoms with Gasteiger partial charge in [0.05, 0.1) is 6.54 Å². The number of hydrogen-bond donors (Lipinski definition) is 1. The van der Waals surface area contributed by atoms with E-state index in [0.29, 0.717) is 5.02 Å². The average molecular weight is 412 g/mol. The van der Waals surface area contributed by atoms with E-state index in [-0.39, 0.29) is 24.3 Å². The number of carbonyl (C=O) groups excluding carboxylic acids is 2. The van der Waals surface area contributed by atoms with Crippen molar-refractivity contribution in [1.29, 1.82) is 0 Å². The molecule has 0 unspecified atom stereocenters. The summed E-state index contributed by atoms with van der Waals surface area (Å²) in [6.45, 7) is 0.0576. The van der Waals surface area contributed by atoms with Gasteiger partial charge in [0.2, 0.25) is 0 Å². The molecular weight excluding hydrogens is 394 g/mol. The van der Waals surface area contributed by atoms with Gasteiger partial charge in [-0.25, -0.2) is 9.48 Å². The van der Waals surface area contributed by atoms with Crippen molar-refractivity contribution in [1.82, 2.24) is 15.1 Å². The van der Waals surface area contributed by atoms with E-state index in [0.717, 1.165) is 11.1 Å². The number of nitrogens with zero attached hydrogens (tertiary/aromatic N) is 2. The highest BCUT2D eigenvalue weighted by molar-refractivity contribution is 6.30. The molecule has 3 aromatic rings. The number of hydrogen-bond acceptors (Lipinski definition) is 5. The molecule has 0 aliphatic heterocycles. The van der Waals surface area contributed by atoms with Crippen molar-refractivity contribution >= 4 is 23.5 Å². The fourth-order valence-corrected chi connectivity index (χ4v) is 2.61. The van der Waals surface area contributed by atoms with Crippen LogP contribution in [-0.4, -0.2) is 28.3 Å². The molecule has 3 rings (SSSR count). The zero-order chi connectivity index (χ0) is 20.6. The normalized spacial score (nSPS) is 10.4. The van der Waals surface area contributed by atoms with Gasteiger partial charge >= 0.3 is 5.97 Å². The van der Waals surface area contributed by atoms with Crippen LogP contribution >= 0.6 is 11.6 Å². The summed E-state index contributed by atoms with van der Waals surface area (Å²) >= 11 is 5.81. The highest BCUT2D eigenvalue weighted by Gasteiger charge is 2.13. The summed E-state index contributed by atoms with van der Waals surface area (Å²) < 4.78 is 6.17. The molecular formula is C21H18ClN3O4. The Morgan fingerprint density at radius 3 is 2.41 bits per heavy atom. The Kier molecular flexibility index (Phi) is 6.76. The number of carbonyl (C=O) groups is 2. The Morgan fingerprint density at radius 1 is 0.966 bits per heavy atom. The zero-order valence-electron chi connectivity index (χ0n) is 15.4. The summed E-state index contributed by atoms with van der Waals surface area (Å²) in [7, 11) is 0. The van der Waals surface area contributed by atoms with Gasteiger partial charge < -0.3 is 10.1 Å². The van der Waals surface area contributed by atoms with Crippen LogP contribution in [0.4, 0.5) is 0 Å². The molecule has 1 amide bonds. The molecule has 8 heteroatoms. The SMILES string of the molecule is O=C(COC(=O)c1ccc(=O)n(Cc2ccccc2)n1)NCc1ccc(Cl)cc1. The molecule has 0 bridgehead atoms. The van der Waals surface area contributed by atoms with Crippen LogP contribution in [0, 0.1) is 0 Å². The van der Waals surface area contributed by atoms with Crippen LogP contribution < -0.4 is 10.9 Å². The van der Waals surface area contributed by atoms with Crippen molar-refractivity contribution in [2.24, 2.45) is 0 Å². The molecule has 7 nitrogen and oxygen atoms in total. The summed E-state index contributed by atoms with van der Waals surface area (Å²) in [6.07, 6.45) is 0. The number of rotatable bonds is 7. The van der Waals surface area contributed by atoms with E-state index in [1.807, 2.05) is 30.3 Å². The van der Waals surface area contributed by atoms with E-state index in [4.69, 9.17) is 16.3 Å². The monoisotopic (exact) mass is 411 g/mol. The quantitative estimate of drug-likeness (QED) is 0.603. The first-order chi connectivity index (χ1) is 14.0. The molecule has 0 aliphatic carbocycles. The van der Waals surface area contributed by atoms with E-state index >= 15 is 0 Å². The fourth-order valence-electron chi connectivity index (χ4n) is 2.49. The van der Waals surface area contributed by atoms with Gasteiger partial charge in [0.1, 0.15) is 0 Å². The van der Waals surface area contributed by atoms with Crippen LogP contribution in [0.15, 0.2) is 71.5 Å². The van der Waals surface area contributed by atoms with Gasteiger partial charge in [-0.15, -0.1) is 0 Å². The van der Waals surface area contributed by atoms with Gasteiger partial charge in [-0.2, -0.15) is 5.10 Å². The number of halogens is 1. The first kappa shape index (κ1) is 20.3. The topological polar surface area (TPSA) is 90.3 Å². The van der Waals surface area contributed by atoms with E-state index in [1.54, 1.807) is 24.3 Å². The fraction of sp³-hybridized carbons (Fsp3) is 0.143. The van der Waals surface area contributed by atoms with Crippen LogP contribution in [0.5, 0.6) is 0 Å². The minimum absolute atomic E-state index is 0.0500. The van der Waals surface area contributed by atoms with E-state index in [2.05, 4.69) is 10.4 Å². The van der Waals surface area contributed by atoms with Crippen molar-refractivity contribution in [3.05, 3.63) is 98.9 Å². The lowest BCUT2D eigenvalue weighted by Gasteiger charge is -2.08. The highest BCUT2D eigenvalue weighted by Crippen LogP contribution is 2.09. The predicted molar refractivity (Wildman–Crippen MR) is 108 cm³/mol. The number of esters is 1. The van der Waals surface area contributed by atoms with E-state index in [1.165, 1.54) is 16.8 Å². The molecule has 1 heterocycles. The second-order valence-electron chi connectivity index (χ2n) is 6.18. The van der Waals surface area contributed by atoms with Crippen LogP contribution in [0.2, 0.25) is 5.02 Å². The summed E-state index contributed by atoms with van der Waals surface area (Å²) in [4.78, 5) is 36.1. The molecule has 2 aromatic carbocycles. The molecule has 0 saturated carbocycles. The van der Waals surface area contributed by atoms with Crippen molar-refractivity contribution in [3.63, 3.8) is 0 Å². The molecule has 0 fully saturated rings. The van der Waals surface area contributed by atoms with Gasteiger partial charge in [0.25, 0.3) is 11.5 Å². The van der Waals surface area contributed by atoms with Crippen molar-refractivity contribution in [2.45, 2.75) is 13.1 Å². The molecule has 0 aliphatic rings. The van der Waals surface area contributed by atoms with Gasteiger partial charge in [-0.3, -0.25) is 9.59 Å². The lowest BCUT2D eigenvalue weighted by Crippen LogP contribution is -2.29. The standard InChI is InChI=1S/C21H18ClN3O4/c22-17-8-6-15(7-9-17)12-23-19(26)14-29-21(28)18-10-11-20(27)25(24-18)13-16-4-2-1-3-5-16/h1-11H,12-14H2,(H,23,26). The third-order valence-electron chi connectivity index (χ3n) is 3.99. The first-order valence-electron chi connectivity index (χ1n) is 8.81. The summed E-state index contributed by atoms with van der Waals surface area (Å²) in [5.41, 5.74) is 1.34. The molecule has 1 N–H and O–H groups in total. The number of aromatic nitrogens is 2. The average Bonchev–Trinajstić information content (AvgIpc) is 2.74. The molecule has 0 radical (unpaired) electrons. The number of ether oxygens (including phenoxy) is 1. The zero-order valence-corrected chi connectivity index (χ0v) is 16.1. The Hall–Kier alpha value is -3.45. The second-order valence-corrected chi connectivity index (χ2v) is 6.62. The molecule has 0 atom stereocenters. The van der Waals surface area contributed by atoms with Crippen LogP contribution in [0.1, 0.15) is 21.6 Å². The molecule has 0 saturated heterocycles. The van der Waals surface area contributed by atoms with E-state index < -0.39 is 18.5 Å². The summed E-state index contributed by atoms with van der Waals surface area (Å²) in [5, 5.41) is 7.28. The van der Waals surface area contributed by atoms with E-state index in [9.17, 15) is 14.4 Å². The molecule has 1 aromatic heterocycles. The predicted octanol–water partition coefficient (Wildman–Crippen LogP) is 2.42. The minimum Gasteiger partial charge on any atom is -0.451 e. The lowest BCUT2D eigenvalue weighted by atomic mass is 10.2. The Balaban J connectivity index is 1.54. The van der Waals surface area contributed by atoms with Crippen LogP contribution in [-0.2, 0) is 22.6 Å². The maximum absolute atomic E-state index is 12.2. The maximum Gasteiger partial charge on any atom is 0.359 e. The molecule has 148 valence electrons. The number of amides is 1. The van der Waals surface area contributed by atoms with Crippen molar-refractivity contribution < 1.29 is 14.3 Å². The number of benzene rings is 2. The highest BCUT2D eigenvalue weighted by atomic mass is 35.5. The van der Waals surface area contributed by atoms with Gasteiger partial charge in [0.15, 0.2) is 12.3 Å². The Morgan fingerprint density at radius 2 is 1.69 bits per heavy atom. The lowest BCUT2D eigenvalue weighted by molar-refractivity contribution is -0.124. The molecule has 0 spiro atoms. The smallest absolute Gasteiger partial charge is 0.359 e. The van der Waals surface area contributed by atoms with Gasteiger partial charge in [-0.1, -0.05) is 54.1 Å². The summed E-state index contributed by atoms with van der Waals surface area (Å²) in [5.74, 6) is -1.24. The van der Waals surface area contributed by atoms with Gasteiger partial charge in [-0.05, 0) is 29.3 Å². The Bertz CT molecular complexity index is 1050. The Labute approximate surface area is 171 Å². The number of nitrogens with one attached hydrogen (secondary N) is 1. The van der Waals surface area contributed by atoms with Crippen LogP contribution in [0.3, 0.4) is 0 Å². The first-order valence-corrected chi connectivity index (χ1v) is 9.19. The molecule has 29 heavy (non-hydrogen) atoms. The van der Waals surface area contributed by atoms with Gasteiger partial charge in [0, 0.05) is 17.6 Å². The third-order valence-corrected chi connectivity index (χ3v) is 4.24.